The molecule has 2 aromatic rings. The van der Waals surface area contributed by atoms with Gasteiger partial charge in [0, 0.05) is 29.5 Å². The number of aliphatic imine (C=N–C) groups is 1. The molecule has 3 N–H and O–H groups in total. The van der Waals surface area contributed by atoms with Crippen LogP contribution in [0.1, 0.15) is 5.56 Å². The molecule has 2 aromatic carbocycles. The Bertz CT molecular complexity index is 622. The first kappa shape index (κ1) is 11.6. The van der Waals surface area contributed by atoms with Crippen molar-refractivity contribution in [1.82, 2.24) is 5.32 Å². The first-order valence-corrected chi connectivity index (χ1v) is 6.27. The summed E-state index contributed by atoms with van der Waals surface area (Å²) in [5.74, 6) is 1.17. The van der Waals surface area contributed by atoms with Crippen molar-refractivity contribution in [3.8, 4) is 5.75 Å². The van der Waals surface area contributed by atoms with Gasteiger partial charge in [-0.3, -0.25) is 4.99 Å². The van der Waals surface area contributed by atoms with Crippen LogP contribution in [0.3, 0.4) is 0 Å². The van der Waals surface area contributed by atoms with Gasteiger partial charge in [-0.1, -0.05) is 18.2 Å². The van der Waals surface area contributed by atoms with Gasteiger partial charge in [0.25, 0.3) is 0 Å². The van der Waals surface area contributed by atoms with Gasteiger partial charge in [0.15, 0.2) is 0 Å². The second-order valence-electron chi connectivity index (χ2n) is 4.38. The number of amidine groups is 1. The number of benzene rings is 2. The number of nitrogens with zero attached hydrogens (tertiary/aromatic N) is 1. The lowest BCUT2D eigenvalue weighted by Crippen LogP contribution is -2.20. The lowest BCUT2D eigenvalue weighted by molar-refractivity contribution is 0.475. The molecule has 0 bridgehead atoms. The molecule has 1 heterocycles. The van der Waals surface area contributed by atoms with Crippen molar-refractivity contribution in [1.29, 1.82) is 0 Å². The van der Waals surface area contributed by atoms with Gasteiger partial charge in [0.05, 0.1) is 6.54 Å². The van der Waals surface area contributed by atoms with Crippen molar-refractivity contribution in [3.63, 3.8) is 0 Å². The van der Waals surface area contributed by atoms with E-state index < -0.39 is 0 Å². The number of rotatable bonds is 3. The van der Waals surface area contributed by atoms with Crippen LogP contribution in [-0.2, 0) is 0 Å². The summed E-state index contributed by atoms with van der Waals surface area (Å²) in [6.07, 6.45) is 0. The van der Waals surface area contributed by atoms with E-state index in [0.717, 1.165) is 35.9 Å². The molecule has 0 radical (unpaired) electrons. The predicted octanol–water partition coefficient (Wildman–Crippen LogP) is 2.49. The molecular weight excluding hydrogens is 238 g/mol. The third-order valence-electron chi connectivity index (χ3n) is 2.98. The van der Waals surface area contributed by atoms with Crippen LogP contribution < -0.4 is 10.6 Å². The molecule has 1 aliphatic heterocycles. The van der Waals surface area contributed by atoms with E-state index >= 15 is 0 Å². The van der Waals surface area contributed by atoms with Gasteiger partial charge in [-0.05, 0) is 24.3 Å². The zero-order valence-electron chi connectivity index (χ0n) is 10.4. The maximum Gasteiger partial charge on any atom is 0.130 e. The van der Waals surface area contributed by atoms with Crippen molar-refractivity contribution < 1.29 is 5.11 Å². The minimum absolute atomic E-state index is 0.249. The zero-order chi connectivity index (χ0) is 13.1. The molecule has 0 spiro atoms. The fourth-order valence-corrected chi connectivity index (χ4v) is 2.12. The summed E-state index contributed by atoms with van der Waals surface area (Å²) in [4.78, 5) is 4.44. The lowest BCUT2D eigenvalue weighted by atomic mass is 10.1. The van der Waals surface area contributed by atoms with Gasteiger partial charge < -0.3 is 15.7 Å². The Morgan fingerprint density at radius 3 is 2.79 bits per heavy atom. The summed E-state index contributed by atoms with van der Waals surface area (Å²) in [5, 5.41) is 16.1. The molecule has 4 nitrogen and oxygen atoms in total. The summed E-state index contributed by atoms with van der Waals surface area (Å²) in [5.41, 5.74) is 2.87. The van der Waals surface area contributed by atoms with Crippen molar-refractivity contribution in [2.75, 3.05) is 18.4 Å². The summed E-state index contributed by atoms with van der Waals surface area (Å²) in [6, 6.07) is 15.1. The van der Waals surface area contributed by atoms with Crippen LogP contribution in [-0.4, -0.2) is 24.0 Å². The molecule has 0 saturated carbocycles. The summed E-state index contributed by atoms with van der Waals surface area (Å²) < 4.78 is 0. The van der Waals surface area contributed by atoms with E-state index in [2.05, 4.69) is 15.6 Å². The maximum atomic E-state index is 9.50. The van der Waals surface area contributed by atoms with Gasteiger partial charge in [-0.25, -0.2) is 0 Å². The highest BCUT2D eigenvalue weighted by Crippen LogP contribution is 2.24. The predicted molar refractivity (Wildman–Crippen MR) is 77.2 cm³/mol. The van der Waals surface area contributed by atoms with Crippen molar-refractivity contribution >= 4 is 17.2 Å². The number of hydrogen-bond acceptors (Lipinski definition) is 4. The minimum atomic E-state index is 0.249. The Hall–Kier alpha value is -2.49. The van der Waals surface area contributed by atoms with Gasteiger partial charge >= 0.3 is 0 Å². The molecule has 1 aliphatic rings. The molecule has 0 fully saturated rings. The molecule has 96 valence electrons. The Kier molecular flexibility index (Phi) is 3.06. The molecule has 3 rings (SSSR count). The second-order valence-corrected chi connectivity index (χ2v) is 4.38. The van der Waals surface area contributed by atoms with E-state index in [-0.39, 0.29) is 5.75 Å². The van der Waals surface area contributed by atoms with Crippen LogP contribution in [0, 0.1) is 0 Å². The Morgan fingerprint density at radius 2 is 2.00 bits per heavy atom. The SMILES string of the molecule is Oc1cccc(Nc2ccccc2C2=NCCN2)c1. The molecule has 0 atom stereocenters. The highest BCUT2D eigenvalue weighted by Gasteiger charge is 2.12. The van der Waals surface area contributed by atoms with E-state index in [0.29, 0.717) is 0 Å². The third-order valence-corrected chi connectivity index (χ3v) is 2.98. The summed E-state index contributed by atoms with van der Waals surface area (Å²) >= 11 is 0. The Morgan fingerprint density at radius 1 is 1.11 bits per heavy atom. The van der Waals surface area contributed by atoms with Gasteiger partial charge in [0.2, 0.25) is 0 Å². The van der Waals surface area contributed by atoms with E-state index in [4.69, 9.17) is 0 Å². The van der Waals surface area contributed by atoms with Crippen molar-refractivity contribution in [2.45, 2.75) is 0 Å². The van der Waals surface area contributed by atoms with Gasteiger partial charge in [-0.15, -0.1) is 0 Å². The number of aromatic hydroxyl groups is 1. The number of anilines is 2. The van der Waals surface area contributed by atoms with E-state index in [1.807, 2.05) is 36.4 Å². The maximum absolute atomic E-state index is 9.50. The quantitative estimate of drug-likeness (QED) is 0.787. The lowest BCUT2D eigenvalue weighted by Gasteiger charge is -2.12. The fourth-order valence-electron chi connectivity index (χ4n) is 2.12. The number of para-hydroxylation sites is 1. The molecule has 0 amide bonds. The Balaban J connectivity index is 1.92. The summed E-state index contributed by atoms with van der Waals surface area (Å²) in [6.45, 7) is 1.70. The third kappa shape index (κ3) is 2.52. The van der Waals surface area contributed by atoms with E-state index in [1.165, 1.54) is 0 Å². The highest BCUT2D eigenvalue weighted by molar-refractivity contribution is 6.04. The number of phenolic OH excluding ortho intramolecular Hbond substituents is 1. The largest absolute Gasteiger partial charge is 0.508 e. The topological polar surface area (TPSA) is 56.6 Å². The highest BCUT2D eigenvalue weighted by atomic mass is 16.3. The van der Waals surface area contributed by atoms with Crippen LogP contribution in [0.5, 0.6) is 5.75 Å². The van der Waals surface area contributed by atoms with E-state index in [1.54, 1.807) is 12.1 Å². The average Bonchev–Trinajstić information content (AvgIpc) is 2.93. The first-order valence-electron chi connectivity index (χ1n) is 6.27. The van der Waals surface area contributed by atoms with Gasteiger partial charge in [-0.2, -0.15) is 0 Å². The normalized spacial score (nSPS) is 13.8. The van der Waals surface area contributed by atoms with Crippen LogP contribution in [0.4, 0.5) is 11.4 Å². The number of phenols is 1. The number of hydrogen-bond donors (Lipinski definition) is 3. The second kappa shape index (κ2) is 5.02. The van der Waals surface area contributed by atoms with Crippen LogP contribution in [0.2, 0.25) is 0 Å². The van der Waals surface area contributed by atoms with Crippen LogP contribution >= 0.6 is 0 Å². The average molecular weight is 253 g/mol. The monoisotopic (exact) mass is 253 g/mol. The molecule has 4 heteroatoms. The minimum Gasteiger partial charge on any atom is -0.508 e. The summed E-state index contributed by atoms with van der Waals surface area (Å²) in [7, 11) is 0. The zero-order valence-corrected chi connectivity index (χ0v) is 10.4. The fraction of sp³-hybridized carbons (Fsp3) is 0.133. The van der Waals surface area contributed by atoms with Crippen LogP contribution in [0.15, 0.2) is 53.5 Å². The molecule has 0 aliphatic carbocycles. The first-order chi connectivity index (χ1) is 9.33. The van der Waals surface area contributed by atoms with E-state index in [9.17, 15) is 5.11 Å². The standard InChI is InChI=1S/C15H15N3O/c19-12-5-3-4-11(10-12)18-14-7-2-1-6-13(14)15-16-8-9-17-15/h1-7,10,18-19H,8-9H2,(H,16,17). The molecular formula is C15H15N3O. The molecule has 0 saturated heterocycles. The molecule has 0 unspecified atom stereocenters. The molecule has 0 aromatic heterocycles. The van der Waals surface area contributed by atoms with Crippen molar-refractivity contribution in [2.24, 2.45) is 4.99 Å². The van der Waals surface area contributed by atoms with Crippen LogP contribution in [0.25, 0.3) is 0 Å². The number of nitrogens with one attached hydrogen (secondary N) is 2. The van der Waals surface area contributed by atoms with Gasteiger partial charge in [0.1, 0.15) is 11.6 Å². The van der Waals surface area contributed by atoms with Crippen molar-refractivity contribution in [3.05, 3.63) is 54.1 Å². The smallest absolute Gasteiger partial charge is 0.130 e. The Labute approximate surface area is 111 Å². The molecule has 19 heavy (non-hydrogen) atoms.